The SMILES string of the molecule is CC(C)(C[C@@H](c1cn(COCC[Si](C)(C)C)nc1-c1cc(F)ccc1Br)C1CC1)S(N)(=O)=O. The molecule has 0 spiro atoms. The maximum absolute atomic E-state index is 14.2. The molecular formula is C23H35BrFN3O3SSi. The first-order chi connectivity index (χ1) is 15.2. The Hall–Kier alpha value is -1.07. The Morgan fingerprint density at radius 3 is 2.58 bits per heavy atom. The normalized spacial score (nSPS) is 16.2. The zero-order valence-corrected chi connectivity index (χ0v) is 23.5. The lowest BCUT2D eigenvalue weighted by Crippen LogP contribution is -2.39. The fraction of sp³-hybridized carbons (Fsp3) is 0.609. The highest BCUT2D eigenvalue weighted by Crippen LogP contribution is 2.50. The van der Waals surface area contributed by atoms with Crippen LogP contribution in [0.25, 0.3) is 11.3 Å². The van der Waals surface area contributed by atoms with E-state index in [2.05, 4.69) is 35.6 Å². The first-order valence-electron chi connectivity index (χ1n) is 11.3. The van der Waals surface area contributed by atoms with E-state index in [9.17, 15) is 12.8 Å². The minimum atomic E-state index is -3.75. The fourth-order valence-corrected chi connectivity index (χ4v) is 5.48. The smallest absolute Gasteiger partial charge is 0.214 e. The molecule has 1 atom stereocenters. The van der Waals surface area contributed by atoms with Crippen LogP contribution < -0.4 is 5.14 Å². The van der Waals surface area contributed by atoms with E-state index in [1.807, 2.05) is 6.20 Å². The van der Waals surface area contributed by atoms with Gasteiger partial charge in [0.2, 0.25) is 10.0 Å². The van der Waals surface area contributed by atoms with Crippen molar-refractivity contribution >= 4 is 34.0 Å². The molecule has 6 nitrogen and oxygen atoms in total. The van der Waals surface area contributed by atoms with Crippen molar-refractivity contribution in [3.8, 4) is 11.3 Å². The molecule has 1 aromatic carbocycles. The fourth-order valence-electron chi connectivity index (χ4n) is 3.87. The van der Waals surface area contributed by atoms with Crippen LogP contribution in [-0.4, -0.2) is 37.6 Å². The van der Waals surface area contributed by atoms with Crippen molar-refractivity contribution in [1.82, 2.24) is 9.78 Å². The molecule has 0 unspecified atom stereocenters. The minimum Gasteiger partial charge on any atom is -0.360 e. The largest absolute Gasteiger partial charge is 0.360 e. The summed E-state index contributed by atoms with van der Waals surface area (Å²) in [6.07, 6.45) is 4.35. The van der Waals surface area contributed by atoms with E-state index in [0.717, 1.165) is 28.9 Å². The van der Waals surface area contributed by atoms with Crippen LogP contribution in [-0.2, 0) is 21.5 Å². The lowest BCUT2D eigenvalue weighted by Gasteiger charge is -2.28. The van der Waals surface area contributed by atoms with Crippen molar-refractivity contribution in [3.05, 3.63) is 40.2 Å². The van der Waals surface area contributed by atoms with Crippen LogP contribution in [0.3, 0.4) is 0 Å². The lowest BCUT2D eigenvalue weighted by molar-refractivity contribution is 0.0786. The lowest BCUT2D eigenvalue weighted by atomic mass is 9.85. The van der Waals surface area contributed by atoms with Gasteiger partial charge >= 0.3 is 0 Å². The van der Waals surface area contributed by atoms with Gasteiger partial charge in [-0.15, -0.1) is 0 Å². The number of hydrogen-bond acceptors (Lipinski definition) is 4. The van der Waals surface area contributed by atoms with Gasteiger partial charge in [0.1, 0.15) is 12.5 Å². The van der Waals surface area contributed by atoms with Gasteiger partial charge in [0, 0.05) is 36.5 Å². The van der Waals surface area contributed by atoms with E-state index in [1.165, 1.54) is 12.1 Å². The monoisotopic (exact) mass is 559 g/mol. The van der Waals surface area contributed by atoms with E-state index in [-0.39, 0.29) is 11.7 Å². The van der Waals surface area contributed by atoms with Gasteiger partial charge in [-0.2, -0.15) is 5.10 Å². The number of nitrogens with zero attached hydrogens (tertiary/aromatic N) is 2. The quantitative estimate of drug-likeness (QED) is 0.282. The highest BCUT2D eigenvalue weighted by atomic mass is 79.9. The Bertz CT molecular complexity index is 1090. The van der Waals surface area contributed by atoms with Crippen LogP contribution in [0.15, 0.2) is 28.9 Å². The van der Waals surface area contributed by atoms with Gasteiger partial charge in [-0.05, 0) is 69.2 Å². The van der Waals surface area contributed by atoms with Gasteiger partial charge in [0.05, 0.1) is 10.4 Å². The summed E-state index contributed by atoms with van der Waals surface area (Å²) in [6.45, 7) is 11.2. The van der Waals surface area contributed by atoms with Gasteiger partial charge in [-0.1, -0.05) is 35.6 Å². The Kier molecular flexibility index (Phi) is 7.95. The van der Waals surface area contributed by atoms with Crippen LogP contribution in [0.1, 0.15) is 44.6 Å². The van der Waals surface area contributed by atoms with E-state index in [4.69, 9.17) is 15.0 Å². The van der Waals surface area contributed by atoms with E-state index in [1.54, 1.807) is 24.6 Å². The molecule has 2 aromatic rings. The van der Waals surface area contributed by atoms with Gasteiger partial charge in [-0.25, -0.2) is 22.6 Å². The third-order valence-electron chi connectivity index (χ3n) is 6.27. The number of halogens is 2. The molecule has 0 radical (unpaired) electrons. The molecule has 184 valence electrons. The highest BCUT2D eigenvalue weighted by molar-refractivity contribution is 9.10. The molecule has 1 fully saturated rings. The second-order valence-corrected chi connectivity index (χ2v) is 19.6. The third-order valence-corrected chi connectivity index (χ3v) is 10.4. The number of ether oxygens (including phenoxy) is 1. The van der Waals surface area contributed by atoms with E-state index < -0.39 is 22.8 Å². The number of sulfonamides is 1. The van der Waals surface area contributed by atoms with Gasteiger partial charge < -0.3 is 4.74 Å². The first-order valence-corrected chi connectivity index (χ1v) is 17.4. The Morgan fingerprint density at radius 2 is 2.00 bits per heavy atom. The predicted molar refractivity (Wildman–Crippen MR) is 137 cm³/mol. The Morgan fingerprint density at radius 1 is 1.33 bits per heavy atom. The molecule has 1 aliphatic carbocycles. The average molecular weight is 561 g/mol. The summed E-state index contributed by atoms with van der Waals surface area (Å²) >= 11 is 3.53. The second-order valence-electron chi connectivity index (χ2n) is 10.9. The number of aromatic nitrogens is 2. The molecular weight excluding hydrogens is 525 g/mol. The van der Waals surface area contributed by atoms with Crippen molar-refractivity contribution < 1.29 is 17.5 Å². The molecule has 1 aromatic heterocycles. The number of hydrogen-bond donors (Lipinski definition) is 1. The summed E-state index contributed by atoms with van der Waals surface area (Å²) in [4.78, 5) is 0. The zero-order valence-electron chi connectivity index (χ0n) is 20.1. The van der Waals surface area contributed by atoms with Crippen molar-refractivity contribution in [2.75, 3.05) is 6.61 Å². The zero-order chi connectivity index (χ0) is 24.6. The second kappa shape index (κ2) is 9.89. The van der Waals surface area contributed by atoms with Crippen LogP contribution in [0.2, 0.25) is 25.7 Å². The Balaban J connectivity index is 1.98. The number of benzene rings is 1. The van der Waals surface area contributed by atoms with E-state index in [0.29, 0.717) is 36.9 Å². The summed E-state index contributed by atoms with van der Waals surface area (Å²) < 4.78 is 46.0. The molecule has 1 heterocycles. The molecule has 1 saturated carbocycles. The van der Waals surface area contributed by atoms with Gasteiger partial charge in [-0.3, -0.25) is 0 Å². The number of rotatable bonds is 11. The van der Waals surface area contributed by atoms with Crippen LogP contribution in [0, 0.1) is 11.7 Å². The molecule has 3 rings (SSSR count). The van der Waals surface area contributed by atoms with Crippen LogP contribution >= 0.6 is 15.9 Å². The standard InChI is InChI=1S/C23H35BrFN3O3SSi/c1-23(2,32(26,29)30)13-19(16-6-7-16)20-14-28(15-31-10-11-33(3,4)5)27-22(20)18-12-17(25)8-9-21(18)24/h8-9,12,14,16,19H,6-7,10-11,13,15H2,1-5H3,(H2,26,29,30)/t19-/m1/s1. The molecule has 0 aliphatic heterocycles. The summed E-state index contributed by atoms with van der Waals surface area (Å²) in [5, 5.41) is 10.3. The predicted octanol–water partition coefficient (Wildman–Crippen LogP) is 5.71. The first kappa shape index (κ1) is 26.5. The maximum Gasteiger partial charge on any atom is 0.214 e. The van der Waals surface area contributed by atoms with E-state index >= 15 is 0 Å². The molecule has 10 heteroatoms. The molecule has 0 saturated heterocycles. The molecule has 0 amide bonds. The van der Waals surface area contributed by atoms with Crippen molar-refractivity contribution in [1.29, 1.82) is 0 Å². The molecule has 2 N–H and O–H groups in total. The van der Waals surface area contributed by atoms with Crippen LogP contribution in [0.5, 0.6) is 0 Å². The van der Waals surface area contributed by atoms with Crippen molar-refractivity contribution in [2.24, 2.45) is 11.1 Å². The van der Waals surface area contributed by atoms with Crippen molar-refractivity contribution in [3.63, 3.8) is 0 Å². The Labute approximate surface area is 206 Å². The average Bonchev–Trinajstić information content (AvgIpc) is 3.43. The molecule has 33 heavy (non-hydrogen) atoms. The molecule has 0 bridgehead atoms. The summed E-state index contributed by atoms with van der Waals surface area (Å²) in [6, 6.07) is 5.57. The summed E-state index contributed by atoms with van der Waals surface area (Å²) in [5.74, 6) is -0.0604. The minimum absolute atomic E-state index is 0.0563. The van der Waals surface area contributed by atoms with Crippen LogP contribution in [0.4, 0.5) is 4.39 Å². The summed E-state index contributed by atoms with van der Waals surface area (Å²) in [7, 11) is -4.95. The van der Waals surface area contributed by atoms with Crippen molar-refractivity contribution in [2.45, 2.75) is 76.2 Å². The maximum atomic E-state index is 14.2. The third kappa shape index (κ3) is 6.97. The number of nitrogens with two attached hydrogens (primary N) is 1. The topological polar surface area (TPSA) is 87.2 Å². The number of primary sulfonamides is 1. The highest BCUT2D eigenvalue weighted by Gasteiger charge is 2.42. The van der Waals surface area contributed by atoms with Gasteiger partial charge in [0.15, 0.2) is 0 Å². The van der Waals surface area contributed by atoms with Gasteiger partial charge in [0.25, 0.3) is 0 Å². The summed E-state index contributed by atoms with van der Waals surface area (Å²) in [5.41, 5.74) is 2.21. The molecule has 1 aliphatic rings.